The number of guanidine groups is 1. The fraction of sp³-hybridized carbons (Fsp3) is 0.300. The summed E-state index contributed by atoms with van der Waals surface area (Å²) in [5.74, 6) is 0.316. The fourth-order valence-corrected chi connectivity index (χ4v) is 5.11. The van der Waals surface area contributed by atoms with Gasteiger partial charge < -0.3 is 15.8 Å². The van der Waals surface area contributed by atoms with Gasteiger partial charge in [-0.25, -0.2) is 18.1 Å². The van der Waals surface area contributed by atoms with Gasteiger partial charge >= 0.3 is 6.18 Å². The van der Waals surface area contributed by atoms with E-state index in [0.29, 0.717) is 0 Å². The summed E-state index contributed by atoms with van der Waals surface area (Å²) in [6.07, 6.45) is -4.73. The summed E-state index contributed by atoms with van der Waals surface area (Å²) in [5.41, 5.74) is 3.68. The SMILES string of the molecule is CC1(NS(=O)(=O)c2ccc(-c3c(Cl)cc(NC4=NCC(N)=N4)cc3C(F)(F)F)cc2)COC1. The Kier molecular flexibility index (Phi) is 5.89. The van der Waals surface area contributed by atoms with E-state index in [9.17, 15) is 21.6 Å². The molecule has 0 bridgehead atoms. The number of sulfonamides is 1. The molecule has 0 saturated carbocycles. The van der Waals surface area contributed by atoms with Gasteiger partial charge in [0.15, 0.2) is 0 Å². The summed E-state index contributed by atoms with van der Waals surface area (Å²) >= 11 is 6.25. The Morgan fingerprint density at radius 1 is 1.18 bits per heavy atom. The molecule has 0 aliphatic carbocycles. The van der Waals surface area contributed by atoms with Crippen molar-refractivity contribution in [2.24, 2.45) is 15.7 Å². The molecule has 2 aliphatic heterocycles. The Labute approximate surface area is 192 Å². The molecule has 0 amide bonds. The van der Waals surface area contributed by atoms with Crippen molar-refractivity contribution in [1.82, 2.24) is 4.72 Å². The van der Waals surface area contributed by atoms with Crippen LogP contribution >= 0.6 is 11.6 Å². The Balaban J connectivity index is 1.68. The summed E-state index contributed by atoms with van der Waals surface area (Å²) in [7, 11) is -3.88. The number of nitrogens with zero attached hydrogens (tertiary/aromatic N) is 2. The predicted molar refractivity (Wildman–Crippen MR) is 119 cm³/mol. The molecule has 2 aliphatic rings. The number of hydrogen-bond donors (Lipinski definition) is 3. The highest BCUT2D eigenvalue weighted by Crippen LogP contribution is 2.43. The highest BCUT2D eigenvalue weighted by atomic mass is 35.5. The van der Waals surface area contributed by atoms with E-state index in [-0.39, 0.29) is 58.3 Å². The minimum Gasteiger partial charge on any atom is -0.385 e. The summed E-state index contributed by atoms with van der Waals surface area (Å²) in [6, 6.07) is 7.22. The van der Waals surface area contributed by atoms with Gasteiger partial charge in [0.2, 0.25) is 16.0 Å². The normalized spacial score (nSPS) is 17.8. The lowest BCUT2D eigenvalue weighted by atomic mass is 9.98. The third-order valence-corrected chi connectivity index (χ3v) is 6.92. The highest BCUT2D eigenvalue weighted by molar-refractivity contribution is 7.89. The maximum atomic E-state index is 13.9. The van der Waals surface area contributed by atoms with Crippen LogP contribution in [0.15, 0.2) is 51.3 Å². The molecule has 4 N–H and O–H groups in total. The molecule has 0 aromatic heterocycles. The molecule has 0 atom stereocenters. The lowest BCUT2D eigenvalue weighted by molar-refractivity contribution is -0.137. The van der Waals surface area contributed by atoms with Crippen molar-refractivity contribution in [3.63, 3.8) is 0 Å². The molecule has 2 aromatic carbocycles. The second-order valence-electron chi connectivity index (χ2n) is 7.93. The van der Waals surface area contributed by atoms with Crippen LogP contribution in [0.1, 0.15) is 12.5 Å². The third-order valence-electron chi connectivity index (χ3n) is 4.97. The van der Waals surface area contributed by atoms with Crippen molar-refractivity contribution >= 4 is 39.1 Å². The number of halogens is 4. The molecule has 0 radical (unpaired) electrons. The number of alkyl halides is 3. The Hall–Kier alpha value is -2.67. The summed E-state index contributed by atoms with van der Waals surface area (Å²) in [5, 5.41) is 2.48. The summed E-state index contributed by atoms with van der Waals surface area (Å²) in [4.78, 5) is 7.77. The monoisotopic (exact) mass is 501 g/mol. The minimum atomic E-state index is -4.73. The number of amidine groups is 1. The number of aliphatic imine (C=N–C) groups is 2. The second kappa shape index (κ2) is 8.28. The van der Waals surface area contributed by atoms with Gasteiger partial charge in [0.25, 0.3) is 0 Å². The van der Waals surface area contributed by atoms with Crippen molar-refractivity contribution in [3.8, 4) is 11.1 Å². The number of ether oxygens (including phenoxy) is 1. The molecule has 1 fully saturated rings. The molecular weight excluding hydrogens is 483 g/mol. The minimum absolute atomic E-state index is 0.0348. The molecule has 4 rings (SSSR count). The van der Waals surface area contributed by atoms with Gasteiger partial charge in [-0.05, 0) is 36.8 Å². The van der Waals surface area contributed by atoms with E-state index in [1.807, 2.05) is 0 Å². The van der Waals surface area contributed by atoms with E-state index in [1.54, 1.807) is 6.92 Å². The fourth-order valence-electron chi connectivity index (χ4n) is 3.41. The van der Waals surface area contributed by atoms with Gasteiger partial charge in [-0.2, -0.15) is 18.2 Å². The average Bonchev–Trinajstić information content (AvgIpc) is 3.10. The molecule has 2 heterocycles. The van der Waals surface area contributed by atoms with Crippen LogP contribution in [0.4, 0.5) is 18.9 Å². The van der Waals surface area contributed by atoms with Crippen molar-refractivity contribution in [1.29, 1.82) is 0 Å². The van der Waals surface area contributed by atoms with Crippen molar-refractivity contribution in [3.05, 3.63) is 47.0 Å². The van der Waals surface area contributed by atoms with Crippen LogP contribution in [-0.2, 0) is 20.9 Å². The maximum Gasteiger partial charge on any atom is 0.417 e. The number of hydrogen-bond acceptors (Lipinski definition) is 7. The van der Waals surface area contributed by atoms with Gasteiger partial charge in [-0.1, -0.05) is 23.7 Å². The van der Waals surface area contributed by atoms with Crippen molar-refractivity contribution in [2.45, 2.75) is 23.5 Å². The lowest BCUT2D eigenvalue weighted by Gasteiger charge is -2.38. The number of rotatable bonds is 5. The number of nitrogens with two attached hydrogens (primary N) is 1. The number of anilines is 1. The van der Waals surface area contributed by atoms with Crippen LogP contribution in [0.3, 0.4) is 0 Å². The van der Waals surface area contributed by atoms with Crippen LogP contribution in [0, 0.1) is 0 Å². The smallest absolute Gasteiger partial charge is 0.385 e. The second-order valence-corrected chi connectivity index (χ2v) is 10.0. The predicted octanol–water partition coefficient (Wildman–Crippen LogP) is 3.23. The van der Waals surface area contributed by atoms with E-state index < -0.39 is 27.3 Å². The first-order valence-corrected chi connectivity index (χ1v) is 11.5. The molecule has 33 heavy (non-hydrogen) atoms. The van der Waals surface area contributed by atoms with Crippen LogP contribution in [0.5, 0.6) is 0 Å². The van der Waals surface area contributed by atoms with Gasteiger partial charge in [0.1, 0.15) is 12.4 Å². The van der Waals surface area contributed by atoms with Crippen molar-refractivity contribution < 1.29 is 26.3 Å². The maximum absolute atomic E-state index is 13.9. The van der Waals surface area contributed by atoms with Gasteiger partial charge in [-0.3, -0.25) is 0 Å². The lowest BCUT2D eigenvalue weighted by Crippen LogP contribution is -2.59. The largest absolute Gasteiger partial charge is 0.417 e. The number of nitrogens with one attached hydrogen (secondary N) is 2. The Morgan fingerprint density at radius 2 is 1.85 bits per heavy atom. The first kappa shape index (κ1) is 23.5. The molecule has 176 valence electrons. The summed E-state index contributed by atoms with van der Waals surface area (Å²) in [6.45, 7) is 2.32. The first-order chi connectivity index (χ1) is 15.4. The van der Waals surface area contributed by atoms with Crippen LogP contribution in [-0.4, -0.2) is 45.5 Å². The quantitative estimate of drug-likeness (QED) is 0.581. The molecule has 8 nitrogen and oxygen atoms in total. The third kappa shape index (κ3) is 4.98. The molecule has 0 unspecified atom stereocenters. The van der Waals surface area contributed by atoms with E-state index in [1.165, 1.54) is 30.3 Å². The van der Waals surface area contributed by atoms with Crippen LogP contribution in [0.2, 0.25) is 5.02 Å². The first-order valence-electron chi connectivity index (χ1n) is 9.64. The molecular formula is C20H19ClF3N5O3S. The van der Waals surface area contributed by atoms with Gasteiger partial charge in [0, 0.05) is 11.3 Å². The van der Waals surface area contributed by atoms with Gasteiger partial charge in [-0.15, -0.1) is 0 Å². The van der Waals surface area contributed by atoms with E-state index in [2.05, 4.69) is 20.0 Å². The van der Waals surface area contributed by atoms with E-state index in [0.717, 1.165) is 6.07 Å². The molecule has 1 saturated heterocycles. The Morgan fingerprint density at radius 3 is 2.36 bits per heavy atom. The van der Waals surface area contributed by atoms with E-state index >= 15 is 0 Å². The van der Waals surface area contributed by atoms with Crippen molar-refractivity contribution in [2.75, 3.05) is 25.1 Å². The van der Waals surface area contributed by atoms with Crippen LogP contribution < -0.4 is 15.8 Å². The van der Waals surface area contributed by atoms with E-state index in [4.69, 9.17) is 22.1 Å². The zero-order chi connectivity index (χ0) is 24.0. The van der Waals surface area contributed by atoms with Gasteiger partial charge in [0.05, 0.1) is 34.2 Å². The number of benzene rings is 2. The Bertz CT molecular complexity index is 1260. The molecule has 0 spiro atoms. The zero-order valence-electron chi connectivity index (χ0n) is 17.2. The van der Waals surface area contributed by atoms with Crippen LogP contribution in [0.25, 0.3) is 11.1 Å². The molecule has 13 heteroatoms. The highest BCUT2D eigenvalue weighted by Gasteiger charge is 2.38. The zero-order valence-corrected chi connectivity index (χ0v) is 18.8. The standard InChI is InChI=1S/C20H19ClF3N5O3S/c1-19(9-32-10-19)29-33(30,31)13-4-2-11(3-5-13)17-14(20(22,23)24)6-12(7-15(17)21)27-18-26-8-16(25)28-18/h2-7,29H,8-10H2,1H3,(H3,25,26,27,28). The summed E-state index contributed by atoms with van der Waals surface area (Å²) < 4.78 is 74.4. The molecule has 2 aromatic rings. The topological polar surface area (TPSA) is 118 Å². The average molecular weight is 502 g/mol.